The number of hydrogen-bond acceptors (Lipinski definition) is 2. The van der Waals surface area contributed by atoms with Crippen LogP contribution < -0.4 is 0 Å². The Kier molecular flexibility index (Phi) is 2.57. The maximum Gasteiger partial charge on any atom is 0.201 e. The maximum absolute atomic E-state index is 12.0. The summed E-state index contributed by atoms with van der Waals surface area (Å²) >= 11 is 3.20. The highest BCUT2D eigenvalue weighted by Crippen LogP contribution is 2.30. The van der Waals surface area contributed by atoms with Gasteiger partial charge in [-0.3, -0.25) is 9.59 Å². The van der Waals surface area contributed by atoms with Gasteiger partial charge in [-0.1, -0.05) is 31.2 Å². The van der Waals surface area contributed by atoms with Crippen LogP contribution in [0.2, 0.25) is 0 Å². The minimum absolute atomic E-state index is 0.0421. The Balaban J connectivity index is 2.68. The topological polar surface area (TPSA) is 34.1 Å². The van der Waals surface area contributed by atoms with Crippen molar-refractivity contribution in [2.45, 2.75) is 13.3 Å². The number of fused-ring (bicyclic) bond motifs is 1. The van der Waals surface area contributed by atoms with Gasteiger partial charge in [0.1, 0.15) is 0 Å². The van der Waals surface area contributed by atoms with E-state index in [0.717, 1.165) is 0 Å². The number of ketones is 2. The van der Waals surface area contributed by atoms with Gasteiger partial charge >= 0.3 is 0 Å². The van der Waals surface area contributed by atoms with E-state index in [4.69, 9.17) is 0 Å². The first kappa shape index (κ1) is 10.3. The number of halogens is 1. The molecule has 0 unspecified atom stereocenters. The fourth-order valence-corrected chi connectivity index (χ4v) is 2.39. The Labute approximate surface area is 96.1 Å². The fraction of sp³-hybridized carbons (Fsp3) is 0.167. The molecule has 0 aliphatic heterocycles. The van der Waals surface area contributed by atoms with E-state index in [0.29, 0.717) is 27.6 Å². The quantitative estimate of drug-likeness (QED) is 0.781. The lowest BCUT2D eigenvalue weighted by molar-refractivity contribution is 0.0980. The van der Waals surface area contributed by atoms with E-state index in [1.807, 2.05) is 6.92 Å². The van der Waals surface area contributed by atoms with E-state index in [-0.39, 0.29) is 11.6 Å². The third-order valence-electron chi connectivity index (χ3n) is 2.51. The van der Waals surface area contributed by atoms with Crippen LogP contribution in [0.1, 0.15) is 34.1 Å². The van der Waals surface area contributed by atoms with Crippen LogP contribution in [0.5, 0.6) is 0 Å². The lowest BCUT2D eigenvalue weighted by Gasteiger charge is -2.16. The molecule has 0 fully saturated rings. The first-order valence-electron chi connectivity index (χ1n) is 4.74. The summed E-state index contributed by atoms with van der Waals surface area (Å²) < 4.78 is 0.411. The van der Waals surface area contributed by atoms with Crippen LogP contribution in [0.4, 0.5) is 0 Å². The highest BCUT2D eigenvalue weighted by Gasteiger charge is 2.29. The van der Waals surface area contributed by atoms with E-state index in [2.05, 4.69) is 15.9 Å². The van der Waals surface area contributed by atoms with Gasteiger partial charge in [-0.15, -0.1) is 0 Å². The highest BCUT2D eigenvalue weighted by molar-refractivity contribution is 9.12. The summed E-state index contributed by atoms with van der Waals surface area (Å²) in [5.74, 6) is -0.137. The van der Waals surface area contributed by atoms with Crippen molar-refractivity contribution in [3.63, 3.8) is 0 Å². The van der Waals surface area contributed by atoms with Gasteiger partial charge in [-0.25, -0.2) is 0 Å². The van der Waals surface area contributed by atoms with Gasteiger partial charge in [0.25, 0.3) is 0 Å². The molecule has 0 heterocycles. The normalized spacial score (nSPS) is 15.6. The zero-order valence-corrected chi connectivity index (χ0v) is 9.80. The molecule has 1 aromatic carbocycles. The van der Waals surface area contributed by atoms with Crippen LogP contribution in [-0.2, 0) is 0 Å². The molecule has 0 atom stereocenters. The Morgan fingerprint density at radius 1 is 1.07 bits per heavy atom. The molecule has 3 heteroatoms. The molecule has 0 amide bonds. The van der Waals surface area contributed by atoms with Gasteiger partial charge in [-0.05, 0) is 22.4 Å². The van der Waals surface area contributed by atoms with Crippen molar-refractivity contribution in [3.05, 3.63) is 45.4 Å². The van der Waals surface area contributed by atoms with Crippen LogP contribution in [0.3, 0.4) is 0 Å². The molecule has 0 aromatic heterocycles. The third-order valence-corrected chi connectivity index (χ3v) is 3.35. The second kappa shape index (κ2) is 3.74. The molecule has 1 aliphatic carbocycles. The first-order chi connectivity index (χ1) is 7.16. The Hall–Kier alpha value is -1.22. The van der Waals surface area contributed by atoms with Crippen LogP contribution in [0.15, 0.2) is 34.3 Å². The summed E-state index contributed by atoms with van der Waals surface area (Å²) in [6.45, 7) is 1.87. The molecule has 1 aliphatic rings. The minimum Gasteiger partial charge on any atom is -0.289 e. The van der Waals surface area contributed by atoms with Crippen molar-refractivity contribution in [1.29, 1.82) is 0 Å². The summed E-state index contributed by atoms with van der Waals surface area (Å²) in [7, 11) is 0. The number of carbonyl (C=O) groups is 2. The third kappa shape index (κ3) is 1.47. The van der Waals surface area contributed by atoms with Gasteiger partial charge in [0.15, 0.2) is 5.78 Å². The Morgan fingerprint density at radius 3 is 2.13 bits per heavy atom. The molecule has 1 aromatic rings. The predicted octanol–water partition coefficient (Wildman–Crippen LogP) is 3.12. The molecule has 0 spiro atoms. The number of carbonyl (C=O) groups excluding carboxylic acids is 2. The van der Waals surface area contributed by atoms with Crippen molar-refractivity contribution in [2.24, 2.45) is 0 Å². The van der Waals surface area contributed by atoms with Crippen LogP contribution >= 0.6 is 15.9 Å². The van der Waals surface area contributed by atoms with Crippen LogP contribution in [0, 0.1) is 0 Å². The molecule has 0 saturated carbocycles. The average Bonchev–Trinajstić information content (AvgIpc) is 2.27. The SMILES string of the molecule is CCC1=C(Br)C(=O)c2ccccc2C1=O. The van der Waals surface area contributed by atoms with E-state index in [1.165, 1.54) is 0 Å². The second-order valence-corrected chi connectivity index (χ2v) is 4.14. The van der Waals surface area contributed by atoms with E-state index < -0.39 is 0 Å². The van der Waals surface area contributed by atoms with Gasteiger partial charge in [0, 0.05) is 16.7 Å². The van der Waals surface area contributed by atoms with Crippen molar-refractivity contribution < 1.29 is 9.59 Å². The zero-order chi connectivity index (χ0) is 11.0. The van der Waals surface area contributed by atoms with Gasteiger partial charge < -0.3 is 0 Å². The maximum atomic E-state index is 12.0. The Bertz CT molecular complexity index is 486. The monoisotopic (exact) mass is 264 g/mol. The number of hydrogen-bond donors (Lipinski definition) is 0. The van der Waals surface area contributed by atoms with Crippen molar-refractivity contribution in [1.82, 2.24) is 0 Å². The standard InChI is InChI=1S/C12H9BrO2/c1-2-7-10(13)12(15)9-6-4-3-5-8(9)11(7)14/h3-6H,2H2,1H3. The van der Waals surface area contributed by atoms with Crippen molar-refractivity contribution in [3.8, 4) is 0 Å². The van der Waals surface area contributed by atoms with Crippen molar-refractivity contribution in [2.75, 3.05) is 0 Å². The zero-order valence-electron chi connectivity index (χ0n) is 8.21. The summed E-state index contributed by atoms with van der Waals surface area (Å²) in [6.07, 6.45) is 0.569. The predicted molar refractivity (Wildman–Crippen MR) is 61.3 cm³/mol. The average molecular weight is 265 g/mol. The summed E-state index contributed by atoms with van der Waals surface area (Å²) in [4.78, 5) is 23.8. The smallest absolute Gasteiger partial charge is 0.201 e. The number of allylic oxidation sites excluding steroid dienone is 2. The molecule has 0 N–H and O–H groups in total. The van der Waals surface area contributed by atoms with Gasteiger partial charge in [0.05, 0.1) is 4.48 Å². The van der Waals surface area contributed by atoms with Crippen LogP contribution in [-0.4, -0.2) is 11.6 Å². The molecular weight excluding hydrogens is 256 g/mol. The number of rotatable bonds is 1. The molecular formula is C12H9BrO2. The second-order valence-electron chi connectivity index (χ2n) is 3.35. The molecule has 0 saturated heterocycles. The fourth-order valence-electron chi connectivity index (χ4n) is 1.71. The summed E-state index contributed by atoms with van der Waals surface area (Å²) in [5, 5.41) is 0. The molecule has 76 valence electrons. The van der Waals surface area contributed by atoms with E-state index >= 15 is 0 Å². The molecule has 0 radical (unpaired) electrons. The van der Waals surface area contributed by atoms with Gasteiger partial charge in [0.2, 0.25) is 5.78 Å². The van der Waals surface area contributed by atoms with Crippen molar-refractivity contribution >= 4 is 27.5 Å². The highest BCUT2D eigenvalue weighted by atomic mass is 79.9. The van der Waals surface area contributed by atoms with E-state index in [9.17, 15) is 9.59 Å². The minimum atomic E-state index is -0.0953. The summed E-state index contributed by atoms with van der Waals surface area (Å²) in [6, 6.07) is 6.92. The first-order valence-corrected chi connectivity index (χ1v) is 5.53. The van der Waals surface area contributed by atoms with E-state index in [1.54, 1.807) is 24.3 Å². The molecule has 0 bridgehead atoms. The number of Topliss-reactive ketones (excluding diaryl/α,β-unsaturated/α-hetero) is 2. The van der Waals surface area contributed by atoms with Crippen LogP contribution in [0.25, 0.3) is 0 Å². The lowest BCUT2D eigenvalue weighted by Crippen LogP contribution is -2.19. The number of benzene rings is 1. The van der Waals surface area contributed by atoms with Gasteiger partial charge in [-0.2, -0.15) is 0 Å². The molecule has 15 heavy (non-hydrogen) atoms. The Morgan fingerprint density at radius 2 is 1.60 bits per heavy atom. The molecule has 2 nitrogen and oxygen atoms in total. The summed E-state index contributed by atoms with van der Waals surface area (Å²) in [5.41, 5.74) is 1.58. The molecule has 2 rings (SSSR count). The lowest BCUT2D eigenvalue weighted by atomic mass is 9.88. The largest absolute Gasteiger partial charge is 0.289 e.